The quantitative estimate of drug-likeness (QED) is 0.601. The second-order valence-corrected chi connectivity index (χ2v) is 4.27. The highest BCUT2D eigenvalue weighted by Crippen LogP contribution is 2.26. The Kier molecular flexibility index (Phi) is 3.17. The first-order valence-corrected chi connectivity index (χ1v) is 5.53. The number of nitrogens with zero attached hydrogens (tertiary/aromatic N) is 3. The molecule has 8 heteroatoms. The topological polar surface area (TPSA) is 75.2 Å². The standard InChI is InChI=1S/C9H8Cl2N4O2/c1-4-8(17)13-6(16)3-15(4)7-5(10)2-12-9(11)14-7/h2,4H,3H2,1H3,(H,13,16,17). The SMILES string of the molecule is CC1C(=O)NC(=O)CN1c1nc(Cl)ncc1Cl. The molecule has 1 N–H and O–H groups in total. The van der Waals surface area contributed by atoms with Gasteiger partial charge in [0.05, 0.1) is 12.7 Å². The summed E-state index contributed by atoms with van der Waals surface area (Å²) in [5, 5.41) is 2.47. The molecule has 17 heavy (non-hydrogen) atoms. The van der Waals surface area contributed by atoms with Gasteiger partial charge in [-0.15, -0.1) is 0 Å². The van der Waals surface area contributed by atoms with Crippen LogP contribution in [-0.2, 0) is 9.59 Å². The van der Waals surface area contributed by atoms with Crippen LogP contribution < -0.4 is 10.2 Å². The van der Waals surface area contributed by atoms with Crippen LogP contribution in [0.15, 0.2) is 6.20 Å². The van der Waals surface area contributed by atoms with Gasteiger partial charge in [-0.3, -0.25) is 14.9 Å². The zero-order chi connectivity index (χ0) is 12.6. The second-order valence-electron chi connectivity index (χ2n) is 3.53. The summed E-state index contributed by atoms with van der Waals surface area (Å²) < 4.78 is 0. The number of nitrogens with one attached hydrogen (secondary N) is 1. The van der Waals surface area contributed by atoms with Gasteiger partial charge in [-0.25, -0.2) is 4.98 Å². The molecule has 1 saturated heterocycles. The van der Waals surface area contributed by atoms with Gasteiger partial charge in [-0.05, 0) is 18.5 Å². The lowest BCUT2D eigenvalue weighted by atomic mass is 10.2. The number of halogens is 2. The Morgan fingerprint density at radius 3 is 2.88 bits per heavy atom. The molecule has 0 spiro atoms. The molecule has 1 unspecified atom stereocenters. The molecule has 90 valence electrons. The molecule has 1 atom stereocenters. The van der Waals surface area contributed by atoms with E-state index in [4.69, 9.17) is 23.2 Å². The molecular formula is C9H8Cl2N4O2. The van der Waals surface area contributed by atoms with E-state index in [1.807, 2.05) is 0 Å². The lowest BCUT2D eigenvalue weighted by Crippen LogP contribution is -2.57. The fraction of sp³-hybridized carbons (Fsp3) is 0.333. The number of anilines is 1. The van der Waals surface area contributed by atoms with Crippen LogP contribution in [0.5, 0.6) is 0 Å². The van der Waals surface area contributed by atoms with E-state index < -0.39 is 17.9 Å². The minimum atomic E-state index is -0.545. The van der Waals surface area contributed by atoms with Gasteiger partial charge in [0.25, 0.3) is 0 Å². The molecule has 1 aromatic heterocycles. The van der Waals surface area contributed by atoms with Crippen LogP contribution in [0.25, 0.3) is 0 Å². The van der Waals surface area contributed by atoms with E-state index in [1.54, 1.807) is 6.92 Å². The number of hydrogen-bond acceptors (Lipinski definition) is 5. The number of rotatable bonds is 1. The Labute approximate surface area is 107 Å². The van der Waals surface area contributed by atoms with Crippen LogP contribution in [0, 0.1) is 0 Å². The van der Waals surface area contributed by atoms with E-state index in [0.717, 1.165) is 0 Å². The molecule has 0 aliphatic carbocycles. The summed E-state index contributed by atoms with van der Waals surface area (Å²) in [5.74, 6) is -0.520. The molecule has 2 rings (SSSR count). The molecule has 2 amide bonds. The fourth-order valence-electron chi connectivity index (χ4n) is 1.51. The summed E-state index contributed by atoms with van der Waals surface area (Å²) in [6.07, 6.45) is 1.33. The summed E-state index contributed by atoms with van der Waals surface area (Å²) in [5.41, 5.74) is 0. The number of carbonyl (C=O) groups is 2. The van der Waals surface area contributed by atoms with Crippen LogP contribution >= 0.6 is 23.2 Å². The van der Waals surface area contributed by atoms with Crippen LogP contribution in [0.4, 0.5) is 5.82 Å². The molecule has 1 aliphatic heterocycles. The number of amides is 2. The summed E-state index contributed by atoms with van der Waals surface area (Å²) in [4.78, 5) is 31.9. The van der Waals surface area contributed by atoms with E-state index in [9.17, 15) is 9.59 Å². The van der Waals surface area contributed by atoms with E-state index in [0.29, 0.717) is 0 Å². The summed E-state index contributed by atoms with van der Waals surface area (Å²) in [6.45, 7) is 1.65. The minimum absolute atomic E-state index is 0.0000309. The average Bonchev–Trinajstić information content (AvgIpc) is 2.27. The maximum Gasteiger partial charge on any atom is 0.249 e. The maximum atomic E-state index is 11.5. The summed E-state index contributed by atoms with van der Waals surface area (Å²) in [6, 6.07) is -0.545. The molecule has 6 nitrogen and oxygen atoms in total. The lowest BCUT2D eigenvalue weighted by molar-refractivity contribution is -0.132. The number of imide groups is 1. The van der Waals surface area contributed by atoms with Gasteiger partial charge in [0.15, 0.2) is 5.82 Å². The Bertz CT molecular complexity index is 494. The first-order valence-electron chi connectivity index (χ1n) is 4.77. The predicted octanol–water partition coefficient (Wildman–Crippen LogP) is 0.635. The van der Waals surface area contributed by atoms with E-state index in [1.165, 1.54) is 11.1 Å². The Hall–Kier alpha value is -1.40. The third-order valence-electron chi connectivity index (χ3n) is 2.39. The van der Waals surface area contributed by atoms with Crippen molar-refractivity contribution < 1.29 is 9.59 Å². The summed E-state index contributed by atoms with van der Waals surface area (Å²) >= 11 is 11.6. The molecule has 0 bridgehead atoms. The molecule has 0 aromatic carbocycles. The fourth-order valence-corrected chi connectivity index (χ4v) is 1.84. The molecular weight excluding hydrogens is 267 g/mol. The van der Waals surface area contributed by atoms with Crippen LogP contribution in [0.2, 0.25) is 10.3 Å². The van der Waals surface area contributed by atoms with Gasteiger partial charge in [0.1, 0.15) is 11.1 Å². The van der Waals surface area contributed by atoms with Gasteiger partial charge in [0.2, 0.25) is 17.1 Å². The maximum absolute atomic E-state index is 11.5. The smallest absolute Gasteiger partial charge is 0.249 e. The van der Waals surface area contributed by atoms with E-state index in [-0.39, 0.29) is 22.7 Å². The van der Waals surface area contributed by atoms with Crippen molar-refractivity contribution in [1.82, 2.24) is 15.3 Å². The van der Waals surface area contributed by atoms with Crippen LogP contribution in [-0.4, -0.2) is 34.4 Å². The van der Waals surface area contributed by atoms with Crippen molar-refractivity contribution in [1.29, 1.82) is 0 Å². The van der Waals surface area contributed by atoms with Crippen LogP contribution in [0.3, 0.4) is 0 Å². The highest BCUT2D eigenvalue weighted by molar-refractivity contribution is 6.33. The van der Waals surface area contributed by atoms with Crippen molar-refractivity contribution in [3.8, 4) is 0 Å². The molecule has 2 heterocycles. The largest absolute Gasteiger partial charge is 0.334 e. The van der Waals surface area contributed by atoms with Gasteiger partial charge in [-0.2, -0.15) is 4.98 Å². The third kappa shape index (κ3) is 2.32. The summed E-state index contributed by atoms with van der Waals surface area (Å²) in [7, 11) is 0. The molecule has 0 radical (unpaired) electrons. The Balaban J connectivity index is 2.40. The van der Waals surface area contributed by atoms with Crippen molar-refractivity contribution in [2.45, 2.75) is 13.0 Å². The van der Waals surface area contributed by atoms with Crippen molar-refractivity contribution in [2.75, 3.05) is 11.4 Å². The monoisotopic (exact) mass is 274 g/mol. The van der Waals surface area contributed by atoms with E-state index in [2.05, 4.69) is 15.3 Å². The number of hydrogen-bond donors (Lipinski definition) is 1. The number of aromatic nitrogens is 2. The second kappa shape index (κ2) is 4.46. The van der Waals surface area contributed by atoms with Gasteiger partial charge in [-0.1, -0.05) is 11.6 Å². The predicted molar refractivity (Wildman–Crippen MR) is 62.0 cm³/mol. The number of carbonyl (C=O) groups excluding carboxylic acids is 2. The Morgan fingerprint density at radius 2 is 2.18 bits per heavy atom. The Morgan fingerprint density at radius 1 is 1.47 bits per heavy atom. The normalized spacial score (nSPS) is 20.4. The molecule has 1 fully saturated rings. The van der Waals surface area contributed by atoms with Crippen molar-refractivity contribution in [3.05, 3.63) is 16.5 Å². The van der Waals surface area contributed by atoms with Gasteiger partial charge in [0, 0.05) is 0 Å². The van der Waals surface area contributed by atoms with Crippen molar-refractivity contribution in [3.63, 3.8) is 0 Å². The highest BCUT2D eigenvalue weighted by atomic mass is 35.5. The molecule has 1 aromatic rings. The van der Waals surface area contributed by atoms with Crippen LogP contribution in [0.1, 0.15) is 6.92 Å². The minimum Gasteiger partial charge on any atom is -0.334 e. The van der Waals surface area contributed by atoms with Crippen molar-refractivity contribution >= 4 is 40.8 Å². The zero-order valence-electron chi connectivity index (χ0n) is 8.78. The number of piperazine rings is 1. The molecule has 1 aliphatic rings. The highest BCUT2D eigenvalue weighted by Gasteiger charge is 2.32. The molecule has 0 saturated carbocycles. The third-order valence-corrected chi connectivity index (χ3v) is 2.84. The first kappa shape index (κ1) is 12.1. The first-order chi connectivity index (χ1) is 7.99. The van der Waals surface area contributed by atoms with Crippen molar-refractivity contribution in [2.24, 2.45) is 0 Å². The zero-order valence-corrected chi connectivity index (χ0v) is 10.3. The van der Waals surface area contributed by atoms with E-state index >= 15 is 0 Å². The average molecular weight is 275 g/mol. The lowest BCUT2D eigenvalue weighted by Gasteiger charge is -2.32. The van der Waals surface area contributed by atoms with Gasteiger partial charge < -0.3 is 4.90 Å². The van der Waals surface area contributed by atoms with Gasteiger partial charge >= 0.3 is 0 Å².